The number of benzene rings is 1. The lowest BCUT2D eigenvalue weighted by atomic mass is 9.98. The van der Waals surface area contributed by atoms with E-state index in [4.69, 9.17) is 4.74 Å². The Hall–Kier alpha value is -1.05. The molecule has 0 N–H and O–H groups in total. The highest BCUT2D eigenvalue weighted by Gasteiger charge is 2.16. The molecule has 2 rings (SSSR count). The summed E-state index contributed by atoms with van der Waals surface area (Å²) in [5.74, 6) is 0.174. The summed E-state index contributed by atoms with van der Waals surface area (Å²) in [5.41, 5.74) is 0.934. The van der Waals surface area contributed by atoms with Gasteiger partial charge in [0.1, 0.15) is 0 Å². The Bertz CT molecular complexity index is 329. The van der Waals surface area contributed by atoms with Crippen LogP contribution < -0.4 is 4.74 Å². The third kappa shape index (κ3) is 2.71. The van der Waals surface area contributed by atoms with E-state index in [1.54, 1.807) is 6.07 Å². The van der Waals surface area contributed by atoms with Crippen LogP contribution in [0, 0.1) is 12.7 Å². The smallest absolute Gasteiger partial charge is 0.165 e. The van der Waals surface area contributed by atoms with Crippen LogP contribution in [0.3, 0.4) is 0 Å². The fraction of sp³-hybridized carbons (Fsp3) is 0.538. The van der Waals surface area contributed by atoms with Gasteiger partial charge in [-0.05, 0) is 50.3 Å². The normalized spacial score (nSPS) is 17.7. The highest BCUT2D eigenvalue weighted by Crippen LogP contribution is 2.25. The zero-order valence-electron chi connectivity index (χ0n) is 9.13. The predicted octanol–water partition coefficient (Wildman–Crippen LogP) is 3.85. The number of ether oxygens (including phenoxy) is 1. The maximum atomic E-state index is 13.5. The fourth-order valence-corrected chi connectivity index (χ4v) is 2.06. The molecule has 1 aliphatic carbocycles. The zero-order chi connectivity index (χ0) is 10.7. The van der Waals surface area contributed by atoms with E-state index in [-0.39, 0.29) is 11.9 Å². The van der Waals surface area contributed by atoms with E-state index in [1.165, 1.54) is 25.3 Å². The molecule has 1 saturated carbocycles. The first-order valence-electron chi connectivity index (χ1n) is 5.68. The van der Waals surface area contributed by atoms with Crippen LogP contribution in [0.15, 0.2) is 18.2 Å². The van der Waals surface area contributed by atoms with Crippen molar-refractivity contribution in [2.45, 2.75) is 45.1 Å². The second kappa shape index (κ2) is 4.65. The van der Waals surface area contributed by atoms with Gasteiger partial charge in [0.05, 0.1) is 6.10 Å². The van der Waals surface area contributed by atoms with Gasteiger partial charge in [0.15, 0.2) is 11.6 Å². The van der Waals surface area contributed by atoms with Gasteiger partial charge in [-0.25, -0.2) is 4.39 Å². The molecule has 0 radical (unpaired) electrons. The molecule has 0 saturated heterocycles. The minimum atomic E-state index is -0.236. The van der Waals surface area contributed by atoms with Crippen molar-refractivity contribution in [1.82, 2.24) is 0 Å². The molecule has 82 valence electrons. The summed E-state index contributed by atoms with van der Waals surface area (Å²) in [6.07, 6.45) is 6.05. The lowest BCUT2D eigenvalue weighted by molar-refractivity contribution is 0.148. The van der Waals surface area contributed by atoms with Crippen molar-refractivity contribution in [3.05, 3.63) is 29.6 Å². The Labute approximate surface area is 90.3 Å². The van der Waals surface area contributed by atoms with Crippen LogP contribution in [0.2, 0.25) is 0 Å². The molecule has 2 heteroatoms. The number of rotatable bonds is 2. The maximum Gasteiger partial charge on any atom is 0.165 e. The number of hydrogen-bond acceptors (Lipinski definition) is 1. The Morgan fingerprint density at radius 3 is 2.60 bits per heavy atom. The van der Waals surface area contributed by atoms with Crippen LogP contribution >= 0.6 is 0 Å². The van der Waals surface area contributed by atoms with E-state index in [0.717, 1.165) is 18.4 Å². The van der Waals surface area contributed by atoms with E-state index >= 15 is 0 Å². The Balaban J connectivity index is 2.03. The van der Waals surface area contributed by atoms with Crippen molar-refractivity contribution in [1.29, 1.82) is 0 Å². The van der Waals surface area contributed by atoms with Gasteiger partial charge in [-0.2, -0.15) is 0 Å². The van der Waals surface area contributed by atoms with E-state index in [1.807, 2.05) is 13.0 Å². The summed E-state index contributed by atoms with van der Waals surface area (Å²) in [7, 11) is 0. The first kappa shape index (κ1) is 10.5. The Morgan fingerprint density at radius 1 is 1.20 bits per heavy atom. The predicted molar refractivity (Wildman–Crippen MR) is 58.6 cm³/mol. The lowest BCUT2D eigenvalue weighted by Crippen LogP contribution is -2.20. The van der Waals surface area contributed by atoms with Crippen molar-refractivity contribution < 1.29 is 9.13 Å². The minimum absolute atomic E-state index is 0.218. The summed E-state index contributed by atoms with van der Waals surface area (Å²) in [5, 5.41) is 0. The van der Waals surface area contributed by atoms with Crippen molar-refractivity contribution in [3.63, 3.8) is 0 Å². The van der Waals surface area contributed by atoms with Gasteiger partial charge < -0.3 is 4.74 Å². The molecule has 1 aliphatic rings. The van der Waals surface area contributed by atoms with Crippen molar-refractivity contribution in [2.24, 2.45) is 0 Å². The van der Waals surface area contributed by atoms with Crippen molar-refractivity contribution >= 4 is 0 Å². The SMILES string of the molecule is Cc1ccc(OC2CCCCC2)c(F)c1. The van der Waals surface area contributed by atoms with Crippen molar-refractivity contribution in [3.8, 4) is 5.75 Å². The topological polar surface area (TPSA) is 9.23 Å². The van der Waals surface area contributed by atoms with Crippen LogP contribution in [-0.2, 0) is 0 Å². The summed E-state index contributed by atoms with van der Waals surface area (Å²) < 4.78 is 19.1. The molecule has 0 unspecified atom stereocenters. The molecular formula is C13H17FO. The lowest BCUT2D eigenvalue weighted by Gasteiger charge is -2.23. The van der Waals surface area contributed by atoms with Crippen LogP contribution in [0.25, 0.3) is 0 Å². The minimum Gasteiger partial charge on any atom is -0.487 e. The van der Waals surface area contributed by atoms with Gasteiger partial charge in [0.2, 0.25) is 0 Å². The van der Waals surface area contributed by atoms with E-state index in [0.29, 0.717) is 5.75 Å². The van der Waals surface area contributed by atoms with Crippen LogP contribution in [-0.4, -0.2) is 6.10 Å². The average molecular weight is 208 g/mol. The maximum absolute atomic E-state index is 13.5. The van der Waals surface area contributed by atoms with Crippen LogP contribution in [0.1, 0.15) is 37.7 Å². The highest BCUT2D eigenvalue weighted by molar-refractivity contribution is 5.28. The molecular weight excluding hydrogens is 191 g/mol. The molecule has 0 heterocycles. The second-order valence-electron chi connectivity index (χ2n) is 4.31. The highest BCUT2D eigenvalue weighted by atomic mass is 19.1. The molecule has 0 atom stereocenters. The molecule has 0 bridgehead atoms. The monoisotopic (exact) mass is 208 g/mol. The summed E-state index contributed by atoms with van der Waals surface area (Å²) in [6, 6.07) is 5.15. The standard InChI is InChI=1S/C13H17FO/c1-10-7-8-13(12(14)9-10)15-11-5-3-2-4-6-11/h7-9,11H,2-6H2,1H3. The molecule has 0 spiro atoms. The first-order valence-corrected chi connectivity index (χ1v) is 5.68. The van der Waals surface area contributed by atoms with Gasteiger partial charge in [0.25, 0.3) is 0 Å². The summed E-state index contributed by atoms with van der Waals surface area (Å²) >= 11 is 0. The van der Waals surface area contributed by atoms with Crippen LogP contribution in [0.5, 0.6) is 5.75 Å². The Kier molecular flexibility index (Phi) is 3.24. The van der Waals surface area contributed by atoms with Crippen LogP contribution in [0.4, 0.5) is 4.39 Å². The first-order chi connectivity index (χ1) is 7.25. The van der Waals surface area contributed by atoms with Gasteiger partial charge in [-0.3, -0.25) is 0 Å². The zero-order valence-corrected chi connectivity index (χ0v) is 9.13. The number of aryl methyl sites for hydroxylation is 1. The largest absolute Gasteiger partial charge is 0.487 e. The van der Waals surface area contributed by atoms with Gasteiger partial charge in [-0.1, -0.05) is 12.5 Å². The quantitative estimate of drug-likeness (QED) is 0.717. The fourth-order valence-electron chi connectivity index (χ4n) is 2.06. The van der Waals surface area contributed by atoms with Crippen molar-refractivity contribution in [2.75, 3.05) is 0 Å². The van der Waals surface area contributed by atoms with Gasteiger partial charge in [0, 0.05) is 0 Å². The van der Waals surface area contributed by atoms with E-state index in [2.05, 4.69) is 0 Å². The molecule has 1 aromatic carbocycles. The summed E-state index contributed by atoms with van der Waals surface area (Å²) in [4.78, 5) is 0. The molecule has 0 aliphatic heterocycles. The molecule has 1 nitrogen and oxygen atoms in total. The summed E-state index contributed by atoms with van der Waals surface area (Å²) in [6.45, 7) is 1.88. The number of halogens is 1. The van der Waals surface area contributed by atoms with E-state index in [9.17, 15) is 4.39 Å². The number of hydrogen-bond donors (Lipinski definition) is 0. The molecule has 1 fully saturated rings. The Morgan fingerprint density at radius 2 is 1.93 bits per heavy atom. The second-order valence-corrected chi connectivity index (χ2v) is 4.31. The molecule has 0 amide bonds. The van der Waals surface area contributed by atoms with Gasteiger partial charge >= 0.3 is 0 Å². The molecule has 0 aromatic heterocycles. The third-order valence-electron chi connectivity index (χ3n) is 2.93. The third-order valence-corrected chi connectivity index (χ3v) is 2.93. The van der Waals surface area contributed by atoms with E-state index < -0.39 is 0 Å². The molecule has 1 aromatic rings. The molecule has 15 heavy (non-hydrogen) atoms. The van der Waals surface area contributed by atoms with Gasteiger partial charge in [-0.15, -0.1) is 0 Å². The average Bonchev–Trinajstić information content (AvgIpc) is 2.24.